The van der Waals surface area contributed by atoms with Gasteiger partial charge in [0.2, 0.25) is 0 Å². The minimum atomic E-state index is -0.900. The largest absolute Gasteiger partial charge is 0.507 e. The number of aliphatic carboxylic acids is 1. The number of aliphatic hydroxyl groups excluding tert-OH is 2. The van der Waals surface area contributed by atoms with Crippen molar-refractivity contribution < 1.29 is 30.3 Å². The number of hydrogen-bond acceptors (Lipinski definition) is 5. The van der Waals surface area contributed by atoms with E-state index in [1.807, 2.05) is 31.2 Å². The lowest BCUT2D eigenvalue weighted by Gasteiger charge is -2.37. The van der Waals surface area contributed by atoms with E-state index in [0.29, 0.717) is 0 Å². The number of carboxylic acid groups (broad SMARTS) is 1. The van der Waals surface area contributed by atoms with E-state index < -0.39 is 11.4 Å². The van der Waals surface area contributed by atoms with Crippen molar-refractivity contribution in [2.45, 2.75) is 149 Å². The van der Waals surface area contributed by atoms with Crippen LogP contribution in [0.1, 0.15) is 155 Å². The van der Waals surface area contributed by atoms with Crippen LogP contribution in [0.4, 0.5) is 0 Å². The number of phenols is 2. The van der Waals surface area contributed by atoms with Gasteiger partial charge in [0.15, 0.2) is 0 Å². The van der Waals surface area contributed by atoms with Gasteiger partial charge in [0, 0.05) is 18.6 Å². The third-order valence-corrected chi connectivity index (χ3v) is 8.30. The number of carbonyl (C=O) groups is 1. The van der Waals surface area contributed by atoms with Crippen molar-refractivity contribution in [3.63, 3.8) is 0 Å². The smallest absolute Gasteiger partial charge is 0.304 e. The van der Waals surface area contributed by atoms with Gasteiger partial charge < -0.3 is 25.5 Å². The second-order valence-electron chi connectivity index (χ2n) is 16.6. The van der Waals surface area contributed by atoms with Crippen molar-refractivity contribution >= 4 is 5.97 Å². The number of aliphatic hydroxyl groups is 2. The highest BCUT2D eigenvalue weighted by atomic mass is 16.4. The SMILES string of the molecule is CC(C)(C)c1cc(C(C)(CC(=O)O)c2cc(C(C)(C)C)c(O)c(C(C)(C)C)c2)cc(C(C)(C)C)c1O.OCCCCCCO. The van der Waals surface area contributed by atoms with Crippen LogP contribution in [0.5, 0.6) is 11.5 Å². The molecular weight excluding hydrogens is 552 g/mol. The molecule has 0 saturated carbocycles. The third-order valence-electron chi connectivity index (χ3n) is 8.30. The van der Waals surface area contributed by atoms with Gasteiger partial charge in [-0.2, -0.15) is 0 Å². The normalized spacial score (nSPS) is 13.0. The van der Waals surface area contributed by atoms with Crippen molar-refractivity contribution in [1.29, 1.82) is 0 Å². The van der Waals surface area contributed by atoms with Gasteiger partial charge in [0.05, 0.1) is 6.42 Å². The molecule has 0 amide bonds. The van der Waals surface area contributed by atoms with Gasteiger partial charge >= 0.3 is 5.97 Å². The summed E-state index contributed by atoms with van der Waals surface area (Å²) in [5.74, 6) is -0.358. The third kappa shape index (κ3) is 10.2. The summed E-state index contributed by atoms with van der Waals surface area (Å²) in [5.41, 5.74) is 2.63. The monoisotopic (exact) mass is 614 g/mol. The van der Waals surface area contributed by atoms with Crippen LogP contribution in [-0.4, -0.2) is 44.7 Å². The molecule has 5 N–H and O–H groups in total. The number of aromatic hydroxyl groups is 2. The van der Waals surface area contributed by atoms with Crippen LogP contribution < -0.4 is 0 Å². The van der Waals surface area contributed by atoms with Gasteiger partial charge in [-0.05, 0) is 67.9 Å². The van der Waals surface area contributed by atoms with E-state index in [4.69, 9.17) is 10.2 Å². The van der Waals surface area contributed by atoms with E-state index >= 15 is 0 Å². The zero-order valence-corrected chi connectivity index (χ0v) is 29.9. The molecule has 0 aliphatic heterocycles. The Bertz CT molecular complexity index is 1090. The van der Waals surface area contributed by atoms with Crippen LogP contribution in [-0.2, 0) is 31.9 Å². The predicted octanol–water partition coefficient (Wildman–Crippen LogP) is 8.60. The Hall–Kier alpha value is -2.57. The van der Waals surface area contributed by atoms with Crippen molar-refractivity contribution in [3.8, 4) is 11.5 Å². The van der Waals surface area contributed by atoms with Crippen LogP contribution >= 0.6 is 0 Å². The van der Waals surface area contributed by atoms with Crippen molar-refractivity contribution in [3.05, 3.63) is 57.6 Å². The average Bonchev–Trinajstić information content (AvgIpc) is 2.84. The Kier molecular flexibility index (Phi) is 13.2. The van der Waals surface area contributed by atoms with E-state index in [9.17, 15) is 20.1 Å². The average molecular weight is 615 g/mol. The second-order valence-corrected chi connectivity index (χ2v) is 16.6. The minimum absolute atomic E-state index is 0.122. The minimum Gasteiger partial charge on any atom is -0.507 e. The maximum atomic E-state index is 12.3. The number of unbranched alkanes of at least 4 members (excludes halogenated alkanes) is 3. The molecule has 250 valence electrons. The molecule has 0 aliphatic rings. The van der Waals surface area contributed by atoms with E-state index in [0.717, 1.165) is 59.1 Å². The molecule has 0 saturated heterocycles. The molecule has 0 spiro atoms. The molecule has 6 heteroatoms. The van der Waals surface area contributed by atoms with E-state index in [1.54, 1.807) is 0 Å². The molecule has 0 aliphatic carbocycles. The molecule has 2 aromatic carbocycles. The Labute approximate surface area is 267 Å². The highest BCUT2D eigenvalue weighted by molar-refractivity contribution is 5.71. The second kappa shape index (κ2) is 14.7. The van der Waals surface area contributed by atoms with Gasteiger partial charge in [-0.15, -0.1) is 0 Å². The van der Waals surface area contributed by atoms with E-state index in [1.165, 1.54) is 0 Å². The Morgan fingerprint density at radius 3 is 0.955 bits per heavy atom. The first-order valence-electron chi connectivity index (χ1n) is 16.0. The van der Waals surface area contributed by atoms with Gasteiger partial charge in [-0.1, -0.05) is 127 Å². The highest BCUT2D eigenvalue weighted by Gasteiger charge is 2.38. The fraction of sp³-hybridized carbons (Fsp3) is 0.658. The summed E-state index contributed by atoms with van der Waals surface area (Å²) >= 11 is 0. The summed E-state index contributed by atoms with van der Waals surface area (Å²) in [7, 11) is 0. The summed E-state index contributed by atoms with van der Waals surface area (Å²) in [6, 6.07) is 7.92. The maximum absolute atomic E-state index is 12.3. The lowest BCUT2D eigenvalue weighted by atomic mass is 9.67. The molecule has 0 radical (unpaired) electrons. The standard InChI is InChI=1S/C32H48O4.C6H14O2/c1-28(2,3)21-14-19(15-22(26(21)35)29(4,5)6)32(13,18-25(33)34)20-16-23(30(7,8)9)27(36)24(17-20)31(10,11)12;7-5-3-1-2-4-6-8/h14-17,35-36H,18H2,1-13H3,(H,33,34);7-8H,1-6H2. The number of phenolic OH excluding ortho intramolecular Hbond substituents is 2. The molecule has 2 rings (SSSR count). The van der Waals surface area contributed by atoms with Gasteiger partial charge in [-0.25, -0.2) is 0 Å². The van der Waals surface area contributed by atoms with E-state index in [-0.39, 0.29) is 52.8 Å². The Morgan fingerprint density at radius 1 is 0.523 bits per heavy atom. The molecule has 6 nitrogen and oxygen atoms in total. The first-order chi connectivity index (χ1) is 19.8. The molecule has 2 aromatic rings. The van der Waals surface area contributed by atoms with Crippen molar-refractivity contribution in [2.24, 2.45) is 0 Å². The zero-order chi connectivity index (χ0) is 34.5. The number of carboxylic acids is 1. The fourth-order valence-electron chi connectivity index (χ4n) is 5.44. The van der Waals surface area contributed by atoms with Gasteiger partial charge in [-0.3, -0.25) is 4.79 Å². The van der Waals surface area contributed by atoms with Gasteiger partial charge in [0.1, 0.15) is 11.5 Å². The van der Waals surface area contributed by atoms with Gasteiger partial charge in [0.25, 0.3) is 0 Å². The molecule has 0 bridgehead atoms. The van der Waals surface area contributed by atoms with Crippen molar-refractivity contribution in [2.75, 3.05) is 13.2 Å². The number of hydrogen-bond donors (Lipinski definition) is 5. The lowest BCUT2D eigenvalue weighted by Crippen LogP contribution is -2.31. The van der Waals surface area contributed by atoms with E-state index in [2.05, 4.69) is 83.1 Å². The molecule has 0 unspecified atom stereocenters. The summed E-state index contributed by atoms with van der Waals surface area (Å²) in [5, 5.41) is 49.3. The van der Waals surface area contributed by atoms with Crippen LogP contribution in [0.3, 0.4) is 0 Å². The molecule has 0 atom stereocenters. The van der Waals surface area contributed by atoms with Crippen LogP contribution in [0, 0.1) is 0 Å². The quantitative estimate of drug-likeness (QED) is 0.181. The summed E-state index contributed by atoms with van der Waals surface area (Å²) in [6.45, 7) is 27.2. The Morgan fingerprint density at radius 2 is 0.773 bits per heavy atom. The molecular formula is C38H62O6. The summed E-state index contributed by atoms with van der Waals surface area (Å²) in [6.07, 6.45) is 3.71. The first kappa shape index (κ1) is 39.5. The highest BCUT2D eigenvalue weighted by Crippen LogP contribution is 2.48. The van der Waals surface area contributed by atoms with Crippen LogP contribution in [0.15, 0.2) is 24.3 Å². The number of rotatable bonds is 9. The molecule has 0 aromatic heterocycles. The lowest BCUT2D eigenvalue weighted by molar-refractivity contribution is -0.138. The molecule has 44 heavy (non-hydrogen) atoms. The van der Waals surface area contributed by atoms with Crippen molar-refractivity contribution in [1.82, 2.24) is 0 Å². The fourth-order valence-corrected chi connectivity index (χ4v) is 5.44. The summed E-state index contributed by atoms with van der Waals surface area (Å²) < 4.78 is 0. The predicted molar refractivity (Wildman–Crippen MR) is 182 cm³/mol. The van der Waals surface area contributed by atoms with Crippen LogP contribution in [0.25, 0.3) is 0 Å². The number of benzene rings is 2. The maximum Gasteiger partial charge on any atom is 0.304 e. The summed E-state index contributed by atoms with van der Waals surface area (Å²) in [4.78, 5) is 12.3. The zero-order valence-electron chi connectivity index (χ0n) is 29.9. The van der Waals surface area contributed by atoms with Crippen LogP contribution in [0.2, 0.25) is 0 Å². The topological polar surface area (TPSA) is 118 Å². The Balaban J connectivity index is 0.00000106. The molecule has 0 fully saturated rings. The first-order valence-corrected chi connectivity index (χ1v) is 16.0. The molecule has 0 heterocycles.